The second kappa shape index (κ2) is 12.4. The van der Waals surface area contributed by atoms with E-state index in [2.05, 4.69) is 11.9 Å². The van der Waals surface area contributed by atoms with Gasteiger partial charge in [-0.2, -0.15) is 0 Å². The van der Waals surface area contributed by atoms with Gasteiger partial charge >= 0.3 is 5.97 Å². The summed E-state index contributed by atoms with van der Waals surface area (Å²) < 4.78 is 28.1. The number of ether oxygens (including phenoxy) is 4. The zero-order valence-corrected chi connectivity index (χ0v) is 21.4. The third kappa shape index (κ3) is 7.09. The molecule has 1 unspecified atom stereocenters. The molecule has 0 bridgehead atoms. The van der Waals surface area contributed by atoms with Gasteiger partial charge in [-0.25, -0.2) is 9.78 Å². The number of esters is 1. The first kappa shape index (κ1) is 26.3. The summed E-state index contributed by atoms with van der Waals surface area (Å²) in [4.78, 5) is 16.7. The van der Waals surface area contributed by atoms with Crippen LogP contribution in [0.3, 0.4) is 0 Å². The van der Waals surface area contributed by atoms with Gasteiger partial charge in [0.15, 0.2) is 6.10 Å². The lowest BCUT2D eigenvalue weighted by Gasteiger charge is -2.17. The highest BCUT2D eigenvalue weighted by Gasteiger charge is 2.21. The Balaban J connectivity index is 1.68. The molecule has 7 heteroatoms. The van der Waals surface area contributed by atoms with Crippen LogP contribution in [0, 0.1) is 6.92 Å². The Bertz CT molecular complexity index is 1100. The topological polar surface area (TPSA) is 80.0 Å². The Morgan fingerprint density at radius 2 is 1.74 bits per heavy atom. The number of nitrogens with zero attached hydrogens (tertiary/aromatic N) is 1. The predicted octanol–water partition coefficient (Wildman–Crippen LogP) is 5.70. The van der Waals surface area contributed by atoms with E-state index in [0.717, 1.165) is 40.3 Å². The second-order valence-electron chi connectivity index (χ2n) is 8.46. The quantitative estimate of drug-likeness (QED) is 0.307. The minimum Gasteiger partial charge on any atom is -0.491 e. The average Bonchev–Trinajstić information content (AvgIpc) is 3.22. The van der Waals surface area contributed by atoms with Gasteiger partial charge in [0.2, 0.25) is 5.89 Å². The van der Waals surface area contributed by atoms with E-state index in [0.29, 0.717) is 24.7 Å². The van der Waals surface area contributed by atoms with E-state index >= 15 is 0 Å². The molecular formula is C28H35NO6. The van der Waals surface area contributed by atoms with Crippen molar-refractivity contribution in [2.45, 2.75) is 66.3 Å². The highest BCUT2D eigenvalue weighted by molar-refractivity contribution is 5.75. The summed E-state index contributed by atoms with van der Waals surface area (Å²) >= 11 is 0. The number of carbonyl (C=O) groups excluding carboxylic acids is 1. The molecule has 0 aliphatic heterocycles. The van der Waals surface area contributed by atoms with Crippen LogP contribution < -0.4 is 9.47 Å². The molecule has 0 N–H and O–H groups in total. The number of hydrogen-bond donors (Lipinski definition) is 0. The van der Waals surface area contributed by atoms with Crippen LogP contribution in [0.25, 0.3) is 11.5 Å². The van der Waals surface area contributed by atoms with E-state index in [1.165, 1.54) is 7.11 Å². The number of methoxy groups -OCH3 is 1. The molecule has 0 saturated carbocycles. The van der Waals surface area contributed by atoms with Crippen LogP contribution in [0.4, 0.5) is 0 Å². The Morgan fingerprint density at radius 1 is 1.03 bits per heavy atom. The molecule has 2 aromatic carbocycles. The van der Waals surface area contributed by atoms with E-state index in [1.54, 1.807) is 0 Å². The minimum absolute atomic E-state index is 0.120. The minimum atomic E-state index is -0.621. The maximum absolute atomic E-state index is 12.0. The van der Waals surface area contributed by atoms with Crippen molar-refractivity contribution < 1.29 is 28.2 Å². The van der Waals surface area contributed by atoms with Crippen molar-refractivity contribution >= 4 is 5.97 Å². The van der Waals surface area contributed by atoms with E-state index in [4.69, 9.17) is 23.4 Å². The fraction of sp³-hybridized carbons (Fsp3) is 0.429. The molecule has 0 aliphatic carbocycles. The third-order valence-electron chi connectivity index (χ3n) is 5.54. The van der Waals surface area contributed by atoms with Crippen LogP contribution in [-0.2, 0) is 33.7 Å². The van der Waals surface area contributed by atoms with Gasteiger partial charge in [0.25, 0.3) is 0 Å². The zero-order chi connectivity index (χ0) is 25.4. The van der Waals surface area contributed by atoms with Gasteiger partial charge in [0.05, 0.1) is 13.2 Å². The van der Waals surface area contributed by atoms with Gasteiger partial charge in [-0.3, -0.25) is 0 Å². The van der Waals surface area contributed by atoms with E-state index in [9.17, 15) is 4.79 Å². The maximum atomic E-state index is 12.0. The van der Waals surface area contributed by atoms with E-state index in [-0.39, 0.29) is 18.7 Å². The lowest BCUT2D eigenvalue weighted by atomic mass is 9.99. The molecule has 1 atom stereocenters. The summed E-state index contributed by atoms with van der Waals surface area (Å²) in [6, 6.07) is 13.6. The highest BCUT2D eigenvalue weighted by Crippen LogP contribution is 2.26. The first-order valence-electron chi connectivity index (χ1n) is 12.0. The summed E-state index contributed by atoms with van der Waals surface area (Å²) in [6.45, 7) is 10.5. The molecule has 0 amide bonds. The molecule has 3 rings (SSSR count). The first-order valence-corrected chi connectivity index (χ1v) is 12.0. The van der Waals surface area contributed by atoms with Crippen LogP contribution in [-0.4, -0.2) is 36.9 Å². The van der Waals surface area contributed by atoms with E-state index in [1.807, 2.05) is 70.2 Å². The zero-order valence-electron chi connectivity index (χ0n) is 21.4. The van der Waals surface area contributed by atoms with Crippen molar-refractivity contribution in [2.24, 2.45) is 0 Å². The largest absolute Gasteiger partial charge is 0.491 e. The highest BCUT2D eigenvalue weighted by atomic mass is 16.6. The Hall–Kier alpha value is -3.32. The molecule has 0 saturated heterocycles. The smallest absolute Gasteiger partial charge is 0.335 e. The van der Waals surface area contributed by atoms with Crippen molar-refractivity contribution in [3.63, 3.8) is 0 Å². The SMILES string of the molecule is CCOC(Cc1ccc(OCc2nc(-c3ccc(OC(C)C)cc3)oc2C)cc1CC)C(=O)OC. The van der Waals surface area contributed by atoms with Crippen molar-refractivity contribution in [2.75, 3.05) is 13.7 Å². The molecule has 0 fully saturated rings. The Labute approximate surface area is 207 Å². The van der Waals surface area contributed by atoms with Crippen molar-refractivity contribution in [3.05, 3.63) is 65.0 Å². The predicted molar refractivity (Wildman–Crippen MR) is 134 cm³/mol. The first-order chi connectivity index (χ1) is 16.8. The fourth-order valence-electron chi connectivity index (χ4n) is 3.75. The van der Waals surface area contributed by atoms with Crippen molar-refractivity contribution in [1.82, 2.24) is 4.98 Å². The lowest BCUT2D eigenvalue weighted by molar-refractivity contribution is -0.153. The standard InChI is InChI=1S/C28H35NO6/c1-7-20-15-24(14-11-22(20)16-26(32-8-2)28(30)31-6)33-17-25-19(5)35-27(29-25)21-9-12-23(13-10-21)34-18(3)4/h9-15,18,26H,7-8,16-17H2,1-6H3. The summed E-state index contributed by atoms with van der Waals surface area (Å²) in [7, 11) is 1.37. The monoisotopic (exact) mass is 481 g/mol. The molecule has 0 aliphatic rings. The third-order valence-corrected chi connectivity index (χ3v) is 5.54. The number of aromatic nitrogens is 1. The number of benzene rings is 2. The molecule has 3 aromatic rings. The van der Waals surface area contributed by atoms with Gasteiger partial charge in [0, 0.05) is 18.6 Å². The van der Waals surface area contributed by atoms with Gasteiger partial charge in [0.1, 0.15) is 29.6 Å². The van der Waals surface area contributed by atoms with Crippen molar-refractivity contribution in [3.8, 4) is 23.0 Å². The lowest BCUT2D eigenvalue weighted by Crippen LogP contribution is -2.28. The molecule has 7 nitrogen and oxygen atoms in total. The molecule has 1 aromatic heterocycles. The van der Waals surface area contributed by atoms with Gasteiger partial charge < -0.3 is 23.4 Å². The molecule has 188 valence electrons. The summed E-state index contributed by atoms with van der Waals surface area (Å²) in [5, 5.41) is 0. The normalized spacial score (nSPS) is 12.0. The Morgan fingerprint density at radius 3 is 2.37 bits per heavy atom. The number of aryl methyl sites for hydroxylation is 2. The van der Waals surface area contributed by atoms with E-state index < -0.39 is 6.10 Å². The van der Waals surface area contributed by atoms with Gasteiger partial charge in [-0.1, -0.05) is 13.0 Å². The van der Waals surface area contributed by atoms with Gasteiger partial charge in [-0.05, 0) is 81.6 Å². The summed E-state index contributed by atoms with van der Waals surface area (Å²) in [6.07, 6.45) is 0.756. The number of oxazole rings is 1. The molecule has 1 heterocycles. The Kier molecular flexibility index (Phi) is 9.32. The maximum Gasteiger partial charge on any atom is 0.335 e. The fourth-order valence-corrected chi connectivity index (χ4v) is 3.75. The number of carbonyl (C=O) groups is 1. The molecule has 0 radical (unpaired) electrons. The van der Waals surface area contributed by atoms with Crippen LogP contribution >= 0.6 is 0 Å². The van der Waals surface area contributed by atoms with Crippen molar-refractivity contribution in [1.29, 1.82) is 0 Å². The van der Waals surface area contributed by atoms with Crippen LogP contribution in [0.2, 0.25) is 0 Å². The van der Waals surface area contributed by atoms with Gasteiger partial charge in [-0.15, -0.1) is 0 Å². The average molecular weight is 482 g/mol. The van der Waals surface area contributed by atoms with Crippen LogP contribution in [0.5, 0.6) is 11.5 Å². The molecule has 35 heavy (non-hydrogen) atoms. The molecule has 0 spiro atoms. The molecular weight excluding hydrogens is 446 g/mol. The summed E-state index contributed by atoms with van der Waals surface area (Å²) in [5.41, 5.74) is 3.75. The number of hydrogen-bond acceptors (Lipinski definition) is 7. The summed E-state index contributed by atoms with van der Waals surface area (Å²) in [5.74, 6) is 2.44. The second-order valence-corrected chi connectivity index (χ2v) is 8.46. The number of rotatable bonds is 12. The van der Waals surface area contributed by atoms with Crippen LogP contribution in [0.1, 0.15) is 50.3 Å². The van der Waals surface area contributed by atoms with Crippen LogP contribution in [0.15, 0.2) is 46.9 Å².